The summed E-state index contributed by atoms with van der Waals surface area (Å²) in [7, 11) is 0. The highest BCUT2D eigenvalue weighted by Gasteiger charge is 1.97. The largest absolute Gasteiger partial charge is 0.385 e. The van der Waals surface area contributed by atoms with Gasteiger partial charge in [-0.3, -0.25) is 4.79 Å². The second-order valence-electron chi connectivity index (χ2n) is 1.82. The van der Waals surface area contributed by atoms with Crippen molar-refractivity contribution in [3.8, 4) is 0 Å². The molecule has 0 saturated heterocycles. The van der Waals surface area contributed by atoms with Crippen molar-refractivity contribution >= 4 is 6.29 Å². The molecule has 0 fully saturated rings. The quantitative estimate of drug-likeness (QED) is 0.655. The van der Waals surface area contributed by atoms with Gasteiger partial charge in [0.2, 0.25) is 6.29 Å². The molecule has 0 spiro atoms. The average molecular weight is 134 g/mol. The summed E-state index contributed by atoms with van der Waals surface area (Å²) in [5, 5.41) is 8.55. The van der Waals surface area contributed by atoms with E-state index in [0.717, 1.165) is 6.61 Å². The van der Waals surface area contributed by atoms with E-state index in [1.54, 1.807) is 30.6 Å². The number of carbonyl (C=O) groups excluding carboxylic acids is 1. The topological polar surface area (TPSA) is 37.3 Å². The van der Waals surface area contributed by atoms with Crippen LogP contribution in [0.2, 0.25) is 0 Å². The molecule has 0 heterocycles. The minimum Gasteiger partial charge on any atom is -0.385 e. The first-order chi connectivity index (χ1) is 4.88. The fourth-order valence-corrected chi connectivity index (χ4v) is 0.703. The van der Waals surface area contributed by atoms with Gasteiger partial charge in [-0.05, 0) is 5.56 Å². The first-order valence-corrected chi connectivity index (χ1v) is 2.83. The number of aliphatic hydroxyl groups excluding tert-OH is 1. The van der Waals surface area contributed by atoms with Gasteiger partial charge in [0.05, 0.1) is 0 Å². The van der Waals surface area contributed by atoms with E-state index in [2.05, 4.69) is 0 Å². The van der Waals surface area contributed by atoms with Crippen molar-refractivity contribution in [3.05, 3.63) is 42.0 Å². The molecule has 1 N–H and O–H groups in total. The first kappa shape index (κ1) is 6.96. The van der Waals surface area contributed by atoms with Crippen molar-refractivity contribution in [3.63, 3.8) is 0 Å². The highest BCUT2D eigenvalue weighted by Crippen LogP contribution is 2.05. The van der Waals surface area contributed by atoms with Crippen LogP contribution in [0, 0.1) is 6.61 Å². The smallest absolute Gasteiger partial charge is 0.233 e. The molecule has 0 aliphatic rings. The zero-order chi connectivity index (χ0) is 7.40. The maximum absolute atomic E-state index is 10.1. The lowest BCUT2D eigenvalue weighted by Gasteiger charge is -1.95. The number of aliphatic hydroxyl groups is 1. The lowest BCUT2D eigenvalue weighted by atomic mass is 10.1. The molecule has 1 rings (SSSR count). The van der Waals surface area contributed by atoms with Crippen molar-refractivity contribution in [2.24, 2.45) is 0 Å². The van der Waals surface area contributed by atoms with Crippen LogP contribution >= 0.6 is 0 Å². The fraction of sp³-hybridized carbons (Fsp3) is 0. The molecule has 2 radical (unpaired) electrons. The highest BCUT2D eigenvalue weighted by molar-refractivity contribution is 5.78. The predicted molar refractivity (Wildman–Crippen MR) is 36.6 cm³/mol. The molecule has 0 saturated carbocycles. The Morgan fingerprint density at radius 3 is 2.60 bits per heavy atom. The monoisotopic (exact) mass is 134 g/mol. The van der Waals surface area contributed by atoms with Crippen LogP contribution in [0.5, 0.6) is 0 Å². The third-order valence-electron chi connectivity index (χ3n) is 1.21. The van der Waals surface area contributed by atoms with Gasteiger partial charge in [-0.1, -0.05) is 24.3 Å². The maximum atomic E-state index is 10.1. The lowest BCUT2D eigenvalue weighted by molar-refractivity contribution is 0.414. The van der Waals surface area contributed by atoms with Crippen LogP contribution in [0.3, 0.4) is 0 Å². The van der Waals surface area contributed by atoms with E-state index in [1.807, 2.05) is 0 Å². The van der Waals surface area contributed by atoms with Crippen LogP contribution < -0.4 is 0 Å². The summed E-state index contributed by atoms with van der Waals surface area (Å²) in [6.45, 7) is 0.889. The molecular formula is C8H6O2. The Labute approximate surface area is 59.1 Å². The molecular weight excluding hydrogens is 128 g/mol. The second-order valence-corrected chi connectivity index (χ2v) is 1.82. The number of rotatable bonds is 2. The van der Waals surface area contributed by atoms with Crippen molar-refractivity contribution < 1.29 is 9.90 Å². The molecule has 1 aromatic rings. The molecule has 1 aromatic carbocycles. The molecule has 50 valence electrons. The van der Waals surface area contributed by atoms with Gasteiger partial charge >= 0.3 is 0 Å². The molecule has 0 aromatic heterocycles. The Kier molecular flexibility index (Phi) is 2.18. The third-order valence-corrected chi connectivity index (χ3v) is 1.21. The Morgan fingerprint density at radius 2 is 2.10 bits per heavy atom. The molecule has 0 bridgehead atoms. The van der Waals surface area contributed by atoms with Crippen molar-refractivity contribution in [1.29, 1.82) is 0 Å². The van der Waals surface area contributed by atoms with Gasteiger partial charge < -0.3 is 5.11 Å². The van der Waals surface area contributed by atoms with E-state index in [1.165, 1.54) is 0 Å². The molecule has 10 heavy (non-hydrogen) atoms. The normalized spacial score (nSPS) is 9.30. The minimum atomic E-state index is 0.380. The Morgan fingerprint density at radius 1 is 1.40 bits per heavy atom. The maximum Gasteiger partial charge on any atom is 0.233 e. The molecule has 0 aliphatic heterocycles. The van der Waals surface area contributed by atoms with E-state index in [9.17, 15) is 4.79 Å². The fourth-order valence-electron chi connectivity index (χ4n) is 0.703. The summed E-state index contributed by atoms with van der Waals surface area (Å²) in [6.07, 6.45) is 1.71. The molecule has 0 atom stereocenters. The van der Waals surface area contributed by atoms with E-state index >= 15 is 0 Å². The second kappa shape index (κ2) is 3.13. The highest BCUT2D eigenvalue weighted by atomic mass is 16.3. The van der Waals surface area contributed by atoms with Crippen LogP contribution in [0.4, 0.5) is 0 Å². The van der Waals surface area contributed by atoms with Crippen molar-refractivity contribution in [1.82, 2.24) is 0 Å². The summed E-state index contributed by atoms with van der Waals surface area (Å²) >= 11 is 0. The van der Waals surface area contributed by atoms with Gasteiger partial charge in [0.25, 0.3) is 0 Å². The van der Waals surface area contributed by atoms with Crippen LogP contribution in [0.1, 0.15) is 11.1 Å². The van der Waals surface area contributed by atoms with Gasteiger partial charge in [0.1, 0.15) is 6.61 Å². The molecule has 2 heteroatoms. The van der Waals surface area contributed by atoms with Gasteiger partial charge in [0.15, 0.2) is 0 Å². The van der Waals surface area contributed by atoms with E-state index in [0.29, 0.717) is 11.1 Å². The van der Waals surface area contributed by atoms with Crippen LogP contribution in [-0.2, 0) is 4.79 Å². The number of hydrogen-bond acceptors (Lipinski definition) is 2. The number of hydrogen-bond donors (Lipinski definition) is 1. The van der Waals surface area contributed by atoms with Gasteiger partial charge in [-0.2, -0.15) is 0 Å². The summed E-state index contributed by atoms with van der Waals surface area (Å²) in [5.74, 6) is 0. The minimum absolute atomic E-state index is 0.380. The Bertz CT molecular complexity index is 230. The molecule has 0 amide bonds. The van der Waals surface area contributed by atoms with Gasteiger partial charge in [-0.25, -0.2) is 0 Å². The lowest BCUT2D eigenvalue weighted by Crippen LogP contribution is -1.88. The third kappa shape index (κ3) is 1.22. The van der Waals surface area contributed by atoms with E-state index in [4.69, 9.17) is 5.11 Å². The average Bonchev–Trinajstić information content (AvgIpc) is 2.04. The number of benzene rings is 1. The Balaban J connectivity index is 3.08. The predicted octanol–water partition coefficient (Wildman–Crippen LogP) is 1.03. The zero-order valence-electron chi connectivity index (χ0n) is 5.24. The molecule has 0 unspecified atom stereocenters. The summed E-state index contributed by atoms with van der Waals surface area (Å²) in [6, 6.07) is 6.69. The first-order valence-electron chi connectivity index (χ1n) is 2.83. The summed E-state index contributed by atoms with van der Waals surface area (Å²) < 4.78 is 0. The summed E-state index contributed by atoms with van der Waals surface area (Å²) in [5.41, 5.74) is 0.877. The molecule has 2 nitrogen and oxygen atoms in total. The zero-order valence-corrected chi connectivity index (χ0v) is 5.24. The Hall–Kier alpha value is -1.15. The van der Waals surface area contributed by atoms with Crippen molar-refractivity contribution in [2.75, 3.05) is 0 Å². The molecule has 0 aliphatic carbocycles. The van der Waals surface area contributed by atoms with Gasteiger partial charge in [-0.15, -0.1) is 0 Å². The van der Waals surface area contributed by atoms with Crippen LogP contribution in [-0.4, -0.2) is 11.4 Å². The van der Waals surface area contributed by atoms with E-state index < -0.39 is 0 Å². The van der Waals surface area contributed by atoms with Gasteiger partial charge in [0, 0.05) is 5.56 Å². The van der Waals surface area contributed by atoms with Crippen molar-refractivity contribution in [2.45, 2.75) is 0 Å². The SMILES string of the molecule is O=[C]c1ccccc1[CH]O. The van der Waals surface area contributed by atoms with Crippen LogP contribution in [0.15, 0.2) is 24.3 Å². The van der Waals surface area contributed by atoms with E-state index in [-0.39, 0.29) is 0 Å². The summed E-state index contributed by atoms with van der Waals surface area (Å²) in [4.78, 5) is 10.1. The standard InChI is InChI=1S/C8H6O2/c9-5-7-3-1-2-4-8(7)6-10/h1-5,9H. The van der Waals surface area contributed by atoms with Crippen LogP contribution in [0.25, 0.3) is 0 Å².